The maximum absolute atomic E-state index is 11.9. The van der Waals surface area contributed by atoms with E-state index in [9.17, 15) is 9.59 Å². The number of hydrogen-bond acceptors (Lipinski definition) is 2. The van der Waals surface area contributed by atoms with Gasteiger partial charge in [-0.05, 0) is 10.4 Å². The molecule has 0 aromatic heterocycles. The van der Waals surface area contributed by atoms with Gasteiger partial charge >= 0.3 is 0 Å². The molecule has 0 saturated carbocycles. The largest absolute Gasteiger partial charge is 0.294 e. The number of carbonyl (C=O) groups is 2. The highest BCUT2D eigenvalue weighted by Gasteiger charge is 2.42. The highest BCUT2D eigenvalue weighted by Crippen LogP contribution is 2.33. The van der Waals surface area contributed by atoms with Crippen molar-refractivity contribution < 1.29 is 9.59 Å². The second-order valence-corrected chi connectivity index (χ2v) is 16.3. The SMILES string of the molecule is C[Si](C)(C)C1=C([Si](C)(C)C)C(=O)CC1=O. The second kappa shape index (κ2) is 3.52. The predicted octanol–water partition coefficient (Wildman–Crippen LogP) is 2.58. The Morgan fingerprint density at radius 1 is 0.733 bits per heavy atom. The first-order chi connectivity index (χ1) is 6.55. The molecule has 0 aromatic rings. The molecule has 0 spiro atoms. The predicted molar refractivity (Wildman–Crippen MR) is 68.3 cm³/mol. The van der Waals surface area contributed by atoms with Crippen LogP contribution in [0, 0.1) is 0 Å². The summed E-state index contributed by atoms with van der Waals surface area (Å²) in [4.78, 5) is 23.7. The summed E-state index contributed by atoms with van der Waals surface area (Å²) in [6, 6.07) is 0. The lowest BCUT2D eigenvalue weighted by Crippen LogP contribution is -2.35. The summed E-state index contributed by atoms with van der Waals surface area (Å²) in [6.45, 7) is 12.9. The second-order valence-electron chi connectivity index (χ2n) is 6.27. The topological polar surface area (TPSA) is 34.1 Å². The molecular weight excluding hydrogens is 220 g/mol. The zero-order valence-electron chi connectivity index (χ0n) is 10.5. The van der Waals surface area contributed by atoms with Gasteiger partial charge in [-0.15, -0.1) is 0 Å². The number of allylic oxidation sites excluding steroid dienone is 2. The Labute approximate surface area is 93.8 Å². The van der Waals surface area contributed by atoms with E-state index in [1.54, 1.807) is 0 Å². The number of ketones is 2. The summed E-state index contributed by atoms with van der Waals surface area (Å²) in [7, 11) is -3.32. The van der Waals surface area contributed by atoms with Gasteiger partial charge in [0.25, 0.3) is 0 Å². The molecule has 1 rings (SSSR count). The van der Waals surface area contributed by atoms with E-state index >= 15 is 0 Å². The Morgan fingerprint density at radius 2 is 1.00 bits per heavy atom. The summed E-state index contributed by atoms with van der Waals surface area (Å²) in [5.41, 5.74) is 0. The van der Waals surface area contributed by atoms with E-state index in [0.717, 1.165) is 10.4 Å². The smallest absolute Gasteiger partial charge is 0.162 e. The van der Waals surface area contributed by atoms with Crippen molar-refractivity contribution in [2.24, 2.45) is 0 Å². The van der Waals surface area contributed by atoms with E-state index in [2.05, 4.69) is 39.3 Å². The molecule has 1 aliphatic carbocycles. The molecule has 0 bridgehead atoms. The maximum atomic E-state index is 11.9. The third-order valence-electron chi connectivity index (χ3n) is 2.63. The molecule has 0 saturated heterocycles. The maximum Gasteiger partial charge on any atom is 0.162 e. The van der Waals surface area contributed by atoms with E-state index in [4.69, 9.17) is 0 Å². The summed E-state index contributed by atoms with van der Waals surface area (Å²) in [5, 5.41) is 1.87. The van der Waals surface area contributed by atoms with Crippen LogP contribution in [0.4, 0.5) is 0 Å². The van der Waals surface area contributed by atoms with Crippen molar-refractivity contribution in [2.75, 3.05) is 0 Å². The van der Waals surface area contributed by atoms with Crippen LogP contribution in [0.15, 0.2) is 10.4 Å². The van der Waals surface area contributed by atoms with Crippen LogP contribution in [-0.2, 0) is 9.59 Å². The fourth-order valence-corrected chi connectivity index (χ4v) is 8.07. The number of rotatable bonds is 2. The Balaban J connectivity index is 3.42. The van der Waals surface area contributed by atoms with Crippen LogP contribution >= 0.6 is 0 Å². The molecule has 1 aliphatic rings. The van der Waals surface area contributed by atoms with Gasteiger partial charge in [0, 0.05) is 0 Å². The van der Waals surface area contributed by atoms with Crippen molar-refractivity contribution in [2.45, 2.75) is 45.7 Å². The Bertz CT molecular complexity index is 320. The lowest BCUT2D eigenvalue weighted by atomic mass is 10.3. The van der Waals surface area contributed by atoms with E-state index in [0.29, 0.717) is 0 Å². The van der Waals surface area contributed by atoms with E-state index in [1.807, 2.05) is 0 Å². The lowest BCUT2D eigenvalue weighted by molar-refractivity contribution is -0.120. The van der Waals surface area contributed by atoms with Crippen LogP contribution < -0.4 is 0 Å². The molecule has 0 N–H and O–H groups in total. The van der Waals surface area contributed by atoms with Crippen LogP contribution in [0.25, 0.3) is 0 Å². The monoisotopic (exact) mass is 240 g/mol. The molecule has 0 fully saturated rings. The molecule has 4 heteroatoms. The summed E-state index contributed by atoms with van der Waals surface area (Å²) >= 11 is 0. The average molecular weight is 240 g/mol. The van der Waals surface area contributed by atoms with Gasteiger partial charge in [0.05, 0.1) is 22.6 Å². The molecular formula is C11H20O2Si2. The fraction of sp³-hybridized carbons (Fsp3) is 0.636. The average Bonchev–Trinajstić information content (AvgIpc) is 2.22. The third kappa shape index (κ3) is 2.37. The molecule has 0 aromatic carbocycles. The highest BCUT2D eigenvalue weighted by atomic mass is 28.3. The number of hydrogen-bond donors (Lipinski definition) is 0. The summed E-state index contributed by atoms with van der Waals surface area (Å²) < 4.78 is 0. The van der Waals surface area contributed by atoms with Crippen molar-refractivity contribution in [3.05, 3.63) is 10.4 Å². The minimum Gasteiger partial charge on any atom is -0.294 e. The first-order valence-corrected chi connectivity index (χ1v) is 12.4. The molecule has 15 heavy (non-hydrogen) atoms. The zero-order chi connectivity index (χ0) is 12.0. The molecule has 2 nitrogen and oxygen atoms in total. The van der Waals surface area contributed by atoms with Crippen molar-refractivity contribution in [1.82, 2.24) is 0 Å². The quantitative estimate of drug-likeness (QED) is 0.549. The van der Waals surface area contributed by atoms with Crippen molar-refractivity contribution in [3.63, 3.8) is 0 Å². The number of carbonyl (C=O) groups excluding carboxylic acids is 2. The van der Waals surface area contributed by atoms with Gasteiger partial charge in [-0.2, -0.15) is 0 Å². The molecule has 0 aliphatic heterocycles. The van der Waals surface area contributed by atoms with Crippen LogP contribution in [-0.4, -0.2) is 27.7 Å². The van der Waals surface area contributed by atoms with E-state index in [-0.39, 0.29) is 18.0 Å². The van der Waals surface area contributed by atoms with Gasteiger partial charge < -0.3 is 0 Å². The van der Waals surface area contributed by atoms with Gasteiger partial charge in [0.2, 0.25) is 0 Å². The standard InChI is InChI=1S/C11H20O2Si2/c1-14(2,3)10-8(12)7-9(13)11(10)15(4,5)6/h7H2,1-6H3. The van der Waals surface area contributed by atoms with Gasteiger partial charge in [0.15, 0.2) is 11.6 Å². The normalized spacial score (nSPS) is 19.1. The highest BCUT2D eigenvalue weighted by molar-refractivity contribution is 6.96. The van der Waals surface area contributed by atoms with Crippen molar-refractivity contribution >= 4 is 27.7 Å². The fourth-order valence-electron chi connectivity index (χ4n) is 2.19. The van der Waals surface area contributed by atoms with Gasteiger partial charge in [-0.1, -0.05) is 39.3 Å². The van der Waals surface area contributed by atoms with Gasteiger partial charge in [-0.25, -0.2) is 0 Å². The molecule has 0 unspecified atom stereocenters. The van der Waals surface area contributed by atoms with Crippen LogP contribution in [0.5, 0.6) is 0 Å². The first kappa shape index (κ1) is 12.6. The summed E-state index contributed by atoms with van der Waals surface area (Å²) in [5.74, 6) is 0.216. The van der Waals surface area contributed by atoms with E-state index in [1.165, 1.54) is 0 Å². The Hall–Kier alpha value is -0.486. The van der Waals surface area contributed by atoms with Gasteiger partial charge in [-0.3, -0.25) is 9.59 Å². The Morgan fingerprint density at radius 3 is 1.20 bits per heavy atom. The molecule has 84 valence electrons. The molecule has 0 radical (unpaired) electrons. The minimum atomic E-state index is -1.66. The minimum absolute atomic E-state index is 0.108. The third-order valence-corrected chi connectivity index (χ3v) is 6.94. The molecule has 0 amide bonds. The van der Waals surface area contributed by atoms with Crippen LogP contribution in [0.1, 0.15) is 6.42 Å². The Kier molecular flexibility index (Phi) is 2.95. The van der Waals surface area contributed by atoms with Crippen molar-refractivity contribution in [3.8, 4) is 0 Å². The van der Waals surface area contributed by atoms with Crippen LogP contribution in [0.2, 0.25) is 39.3 Å². The van der Waals surface area contributed by atoms with E-state index < -0.39 is 16.1 Å². The molecule has 0 heterocycles. The first-order valence-electron chi connectivity index (χ1n) is 5.37. The van der Waals surface area contributed by atoms with Gasteiger partial charge in [0.1, 0.15) is 0 Å². The zero-order valence-corrected chi connectivity index (χ0v) is 12.5. The van der Waals surface area contributed by atoms with Crippen LogP contribution in [0.3, 0.4) is 0 Å². The van der Waals surface area contributed by atoms with Crippen molar-refractivity contribution in [1.29, 1.82) is 0 Å². The molecule has 0 atom stereocenters. The lowest BCUT2D eigenvalue weighted by Gasteiger charge is -2.24. The summed E-state index contributed by atoms with van der Waals surface area (Å²) in [6.07, 6.45) is 0.138. The number of Topliss-reactive ketones (excluding diaryl/α,β-unsaturated/α-hetero) is 2.